The van der Waals surface area contributed by atoms with Crippen LogP contribution in [0.5, 0.6) is 0 Å². The van der Waals surface area contributed by atoms with Crippen LogP contribution in [-0.4, -0.2) is 23.0 Å². The van der Waals surface area contributed by atoms with Crippen LogP contribution in [0.25, 0.3) is 0 Å². The van der Waals surface area contributed by atoms with Gasteiger partial charge in [-0.05, 0) is 35.4 Å². The van der Waals surface area contributed by atoms with E-state index < -0.39 is 5.97 Å². The van der Waals surface area contributed by atoms with Gasteiger partial charge in [0, 0.05) is 5.92 Å². The lowest BCUT2D eigenvalue weighted by atomic mass is 10.2. The zero-order valence-corrected chi connectivity index (χ0v) is 10.3. The standard InChI is InChI=1S/C9H10IN3O2/c1-15-9(14)8-12-6(4-2-3-4)5(10)7(11)13-8/h4H,2-3H2,1H3,(H2,11,12,13). The average Bonchev–Trinajstić information content (AvgIpc) is 3.04. The summed E-state index contributed by atoms with van der Waals surface area (Å²) in [4.78, 5) is 19.4. The van der Waals surface area contributed by atoms with Crippen molar-refractivity contribution in [2.24, 2.45) is 0 Å². The van der Waals surface area contributed by atoms with Gasteiger partial charge in [0.15, 0.2) is 0 Å². The van der Waals surface area contributed by atoms with E-state index in [4.69, 9.17) is 5.73 Å². The number of methoxy groups -OCH3 is 1. The lowest BCUT2D eigenvalue weighted by Crippen LogP contribution is -2.12. The third-order valence-electron chi connectivity index (χ3n) is 2.23. The molecule has 15 heavy (non-hydrogen) atoms. The number of carbonyl (C=O) groups is 1. The Morgan fingerprint density at radius 3 is 2.73 bits per heavy atom. The van der Waals surface area contributed by atoms with Crippen LogP contribution in [-0.2, 0) is 4.74 Å². The number of rotatable bonds is 2. The van der Waals surface area contributed by atoms with E-state index in [9.17, 15) is 4.79 Å². The summed E-state index contributed by atoms with van der Waals surface area (Å²) in [6, 6.07) is 0. The van der Waals surface area contributed by atoms with Crippen LogP contribution in [0.2, 0.25) is 0 Å². The Labute approximate surface area is 101 Å². The summed E-state index contributed by atoms with van der Waals surface area (Å²) in [5.41, 5.74) is 6.59. The van der Waals surface area contributed by atoms with Crippen molar-refractivity contribution in [1.29, 1.82) is 0 Å². The van der Waals surface area contributed by atoms with Crippen LogP contribution < -0.4 is 5.73 Å². The third-order valence-corrected chi connectivity index (χ3v) is 3.34. The number of carbonyl (C=O) groups excluding carboxylic acids is 1. The van der Waals surface area contributed by atoms with E-state index in [0.717, 1.165) is 22.1 Å². The molecule has 5 nitrogen and oxygen atoms in total. The molecule has 1 fully saturated rings. The van der Waals surface area contributed by atoms with Crippen molar-refractivity contribution in [3.63, 3.8) is 0 Å². The van der Waals surface area contributed by atoms with Crippen molar-refractivity contribution in [3.05, 3.63) is 15.1 Å². The van der Waals surface area contributed by atoms with Gasteiger partial charge in [-0.1, -0.05) is 0 Å². The minimum absolute atomic E-state index is 0.0531. The van der Waals surface area contributed by atoms with E-state index in [-0.39, 0.29) is 5.82 Å². The van der Waals surface area contributed by atoms with E-state index in [1.54, 1.807) is 0 Å². The van der Waals surface area contributed by atoms with Crippen molar-refractivity contribution in [1.82, 2.24) is 9.97 Å². The zero-order valence-electron chi connectivity index (χ0n) is 8.16. The minimum Gasteiger partial charge on any atom is -0.463 e. The van der Waals surface area contributed by atoms with Gasteiger partial charge in [-0.15, -0.1) is 0 Å². The summed E-state index contributed by atoms with van der Waals surface area (Å²) in [6.45, 7) is 0. The number of nitrogen functional groups attached to an aromatic ring is 1. The first-order valence-corrected chi connectivity index (χ1v) is 5.62. The van der Waals surface area contributed by atoms with Crippen LogP contribution >= 0.6 is 22.6 Å². The number of hydrogen-bond donors (Lipinski definition) is 1. The van der Waals surface area contributed by atoms with Gasteiger partial charge >= 0.3 is 5.97 Å². The van der Waals surface area contributed by atoms with E-state index in [1.165, 1.54) is 7.11 Å². The SMILES string of the molecule is COC(=O)c1nc(N)c(I)c(C2CC2)n1. The van der Waals surface area contributed by atoms with Gasteiger partial charge in [-0.3, -0.25) is 0 Å². The van der Waals surface area contributed by atoms with Gasteiger partial charge in [0.25, 0.3) is 0 Å². The number of halogens is 1. The number of esters is 1. The van der Waals surface area contributed by atoms with Crippen molar-refractivity contribution >= 4 is 34.4 Å². The molecule has 0 aliphatic heterocycles. The summed E-state index contributed by atoms with van der Waals surface area (Å²) in [6.07, 6.45) is 2.21. The van der Waals surface area contributed by atoms with E-state index in [1.807, 2.05) is 0 Å². The fourth-order valence-corrected chi connectivity index (χ4v) is 1.97. The largest absolute Gasteiger partial charge is 0.463 e. The second-order valence-electron chi connectivity index (χ2n) is 3.40. The van der Waals surface area contributed by atoms with Gasteiger partial charge in [-0.2, -0.15) is 0 Å². The summed E-state index contributed by atoms with van der Waals surface area (Å²) in [5.74, 6) is 0.302. The topological polar surface area (TPSA) is 78.1 Å². The predicted octanol–water partition coefficient (Wildman–Crippen LogP) is 1.33. The third kappa shape index (κ3) is 2.04. The normalized spacial score (nSPS) is 15.1. The average molecular weight is 319 g/mol. The molecule has 2 N–H and O–H groups in total. The maximum Gasteiger partial charge on any atom is 0.376 e. The molecule has 1 aromatic heterocycles. The van der Waals surface area contributed by atoms with Crippen LogP contribution in [0, 0.1) is 3.57 Å². The van der Waals surface area contributed by atoms with E-state index >= 15 is 0 Å². The Kier molecular flexibility index (Phi) is 2.76. The quantitative estimate of drug-likeness (QED) is 0.657. The van der Waals surface area contributed by atoms with Gasteiger partial charge in [0.1, 0.15) is 5.82 Å². The second-order valence-corrected chi connectivity index (χ2v) is 4.48. The molecule has 0 bridgehead atoms. The number of ether oxygens (including phenoxy) is 1. The lowest BCUT2D eigenvalue weighted by molar-refractivity contribution is 0.0586. The molecule has 1 saturated carbocycles. The monoisotopic (exact) mass is 319 g/mol. The van der Waals surface area contributed by atoms with Gasteiger partial charge in [0.2, 0.25) is 5.82 Å². The predicted molar refractivity (Wildman–Crippen MR) is 62.5 cm³/mol. The summed E-state index contributed by atoms with van der Waals surface area (Å²) in [5, 5.41) is 0. The maximum absolute atomic E-state index is 11.3. The Balaban J connectivity index is 2.45. The van der Waals surface area contributed by atoms with Crippen molar-refractivity contribution in [3.8, 4) is 0 Å². The summed E-state index contributed by atoms with van der Waals surface area (Å²) in [7, 11) is 1.30. The smallest absolute Gasteiger partial charge is 0.376 e. The molecule has 0 saturated heterocycles. The van der Waals surface area contributed by atoms with Gasteiger partial charge in [-0.25, -0.2) is 14.8 Å². The van der Waals surface area contributed by atoms with Crippen LogP contribution in [0.15, 0.2) is 0 Å². The zero-order chi connectivity index (χ0) is 11.0. The van der Waals surface area contributed by atoms with Crippen LogP contribution in [0.1, 0.15) is 35.1 Å². The highest BCUT2D eigenvalue weighted by atomic mass is 127. The fraction of sp³-hybridized carbons (Fsp3) is 0.444. The molecule has 80 valence electrons. The fourth-order valence-electron chi connectivity index (χ4n) is 1.29. The summed E-state index contributed by atoms with van der Waals surface area (Å²) < 4.78 is 5.41. The Bertz CT molecular complexity index is 418. The molecule has 0 amide bonds. The molecule has 0 aromatic carbocycles. The highest BCUT2D eigenvalue weighted by molar-refractivity contribution is 14.1. The minimum atomic E-state index is -0.542. The number of nitrogens with two attached hydrogens (primary N) is 1. The molecule has 0 atom stereocenters. The van der Waals surface area contributed by atoms with Gasteiger partial charge in [0.05, 0.1) is 16.4 Å². The molecule has 0 unspecified atom stereocenters. The highest BCUT2D eigenvalue weighted by Gasteiger charge is 2.30. The first kappa shape index (κ1) is 10.6. The second kappa shape index (κ2) is 3.92. The van der Waals surface area contributed by atoms with Gasteiger partial charge < -0.3 is 10.5 Å². The first-order valence-electron chi connectivity index (χ1n) is 4.54. The van der Waals surface area contributed by atoms with Crippen molar-refractivity contribution < 1.29 is 9.53 Å². The highest BCUT2D eigenvalue weighted by Crippen LogP contribution is 2.41. The van der Waals surface area contributed by atoms with Crippen LogP contribution in [0.4, 0.5) is 5.82 Å². The number of hydrogen-bond acceptors (Lipinski definition) is 5. The van der Waals surface area contributed by atoms with Crippen molar-refractivity contribution in [2.45, 2.75) is 18.8 Å². The Hall–Kier alpha value is -0.920. The Morgan fingerprint density at radius 2 is 2.20 bits per heavy atom. The molecule has 0 radical (unpaired) electrons. The molecular weight excluding hydrogens is 309 g/mol. The molecule has 1 heterocycles. The molecule has 0 spiro atoms. The van der Waals surface area contributed by atoms with E-state index in [2.05, 4.69) is 37.3 Å². The molecule has 6 heteroatoms. The molecule has 1 aliphatic rings. The van der Waals surface area contributed by atoms with E-state index in [0.29, 0.717) is 11.7 Å². The van der Waals surface area contributed by atoms with Crippen molar-refractivity contribution in [2.75, 3.05) is 12.8 Å². The first-order chi connectivity index (χ1) is 7.13. The number of aromatic nitrogens is 2. The summed E-state index contributed by atoms with van der Waals surface area (Å²) >= 11 is 2.11. The number of nitrogens with zero attached hydrogens (tertiary/aromatic N) is 2. The maximum atomic E-state index is 11.3. The molecular formula is C9H10IN3O2. The molecule has 2 rings (SSSR count). The van der Waals surface area contributed by atoms with Crippen LogP contribution in [0.3, 0.4) is 0 Å². The lowest BCUT2D eigenvalue weighted by Gasteiger charge is -2.06. The number of anilines is 1. The molecule has 1 aliphatic carbocycles. The Morgan fingerprint density at radius 1 is 1.53 bits per heavy atom. The molecule has 1 aromatic rings.